The van der Waals surface area contributed by atoms with Crippen LogP contribution in [-0.4, -0.2) is 15.7 Å². The average molecular weight is 361 g/mol. The van der Waals surface area contributed by atoms with Crippen LogP contribution in [-0.2, 0) is 19.9 Å². The summed E-state index contributed by atoms with van der Waals surface area (Å²) in [7, 11) is 1.57. The summed E-state index contributed by atoms with van der Waals surface area (Å²) in [5.41, 5.74) is 3.99. The number of aryl methyl sites for hydroxylation is 3. The average Bonchev–Trinajstić information content (AvgIpc) is 2.70. The van der Waals surface area contributed by atoms with E-state index in [0.717, 1.165) is 18.4 Å². The van der Waals surface area contributed by atoms with E-state index in [-0.39, 0.29) is 23.2 Å². The Bertz CT molecular complexity index is 1080. The van der Waals surface area contributed by atoms with Gasteiger partial charge < -0.3 is 5.32 Å². The number of hydrogen-bond donors (Lipinski definition) is 1. The second-order valence-electron chi connectivity index (χ2n) is 7.25. The van der Waals surface area contributed by atoms with E-state index in [1.807, 2.05) is 13.0 Å². The van der Waals surface area contributed by atoms with Crippen LogP contribution < -0.4 is 10.9 Å². The third-order valence-corrected chi connectivity index (χ3v) is 5.39. The molecule has 0 fully saturated rings. The lowest BCUT2D eigenvalue weighted by Crippen LogP contribution is -2.31. The van der Waals surface area contributed by atoms with Crippen LogP contribution in [0.15, 0.2) is 47.3 Å². The predicted molar refractivity (Wildman–Crippen MR) is 106 cm³/mol. The molecule has 0 saturated heterocycles. The molecule has 3 aromatic rings. The van der Waals surface area contributed by atoms with Crippen LogP contribution in [0.25, 0.3) is 10.8 Å². The number of aromatic nitrogens is 2. The van der Waals surface area contributed by atoms with E-state index in [4.69, 9.17) is 0 Å². The number of benzene rings is 2. The summed E-state index contributed by atoms with van der Waals surface area (Å²) >= 11 is 0. The van der Waals surface area contributed by atoms with Gasteiger partial charge in [0.05, 0.1) is 11.4 Å². The first-order valence-corrected chi connectivity index (χ1v) is 9.43. The smallest absolute Gasteiger partial charge is 0.274 e. The Morgan fingerprint density at radius 3 is 2.56 bits per heavy atom. The molecule has 1 heterocycles. The van der Waals surface area contributed by atoms with Gasteiger partial charge in [0.25, 0.3) is 11.5 Å². The monoisotopic (exact) mass is 361 g/mol. The van der Waals surface area contributed by atoms with E-state index in [2.05, 4.69) is 28.6 Å². The number of hydrogen-bond acceptors (Lipinski definition) is 3. The molecule has 4 rings (SSSR count). The molecule has 0 spiro atoms. The molecule has 1 N–H and O–H groups in total. The molecule has 1 amide bonds. The highest BCUT2D eigenvalue weighted by molar-refractivity contribution is 6.04. The molecule has 1 aromatic heterocycles. The van der Waals surface area contributed by atoms with Gasteiger partial charge in [0, 0.05) is 12.4 Å². The lowest BCUT2D eigenvalue weighted by Gasteiger charge is -2.20. The fourth-order valence-electron chi connectivity index (χ4n) is 3.84. The van der Waals surface area contributed by atoms with Crippen molar-refractivity contribution in [2.75, 3.05) is 0 Å². The van der Waals surface area contributed by atoms with Crippen LogP contribution in [0.3, 0.4) is 0 Å². The molecule has 1 aliphatic rings. The van der Waals surface area contributed by atoms with Crippen molar-refractivity contribution in [3.05, 3.63) is 75.2 Å². The van der Waals surface area contributed by atoms with Crippen molar-refractivity contribution < 1.29 is 4.79 Å². The Labute approximate surface area is 158 Å². The van der Waals surface area contributed by atoms with Crippen molar-refractivity contribution in [3.63, 3.8) is 0 Å². The Morgan fingerprint density at radius 2 is 1.78 bits per heavy atom. The maximum atomic E-state index is 12.9. The van der Waals surface area contributed by atoms with Crippen LogP contribution in [0, 0.1) is 0 Å². The first-order valence-electron chi connectivity index (χ1n) is 9.43. The van der Waals surface area contributed by atoms with Crippen molar-refractivity contribution in [2.45, 2.75) is 38.6 Å². The van der Waals surface area contributed by atoms with Gasteiger partial charge >= 0.3 is 0 Å². The lowest BCUT2D eigenvalue weighted by atomic mass is 9.89. The van der Waals surface area contributed by atoms with Gasteiger partial charge in [-0.1, -0.05) is 36.4 Å². The number of carbonyl (C=O) groups excluding carboxylic acids is 1. The first kappa shape index (κ1) is 17.5. The van der Waals surface area contributed by atoms with Crippen LogP contribution >= 0.6 is 0 Å². The molecule has 0 unspecified atom stereocenters. The van der Waals surface area contributed by atoms with Crippen LogP contribution in [0.1, 0.15) is 53.0 Å². The highest BCUT2D eigenvalue weighted by atomic mass is 16.2. The third kappa shape index (κ3) is 3.25. The minimum Gasteiger partial charge on any atom is -0.344 e. The van der Waals surface area contributed by atoms with Gasteiger partial charge in [0.15, 0.2) is 5.69 Å². The molecule has 27 heavy (non-hydrogen) atoms. The molecule has 1 aliphatic carbocycles. The fourth-order valence-corrected chi connectivity index (χ4v) is 3.84. The molecule has 1 atom stereocenters. The van der Waals surface area contributed by atoms with Crippen LogP contribution in [0.2, 0.25) is 0 Å². The summed E-state index contributed by atoms with van der Waals surface area (Å²) in [6.45, 7) is 1.98. The third-order valence-electron chi connectivity index (χ3n) is 5.39. The van der Waals surface area contributed by atoms with Gasteiger partial charge in [0.2, 0.25) is 0 Å². The maximum Gasteiger partial charge on any atom is 0.274 e. The Hall–Kier alpha value is -2.95. The fraction of sp³-hybridized carbons (Fsp3) is 0.318. The molecule has 2 aromatic carbocycles. The number of nitrogens with one attached hydrogen (secondary N) is 1. The summed E-state index contributed by atoms with van der Waals surface area (Å²) in [6, 6.07) is 13.5. The summed E-state index contributed by atoms with van der Waals surface area (Å²) in [4.78, 5) is 25.2. The van der Waals surface area contributed by atoms with E-state index in [0.29, 0.717) is 10.8 Å². The van der Waals surface area contributed by atoms with Crippen molar-refractivity contribution in [3.8, 4) is 0 Å². The molecule has 0 aliphatic heterocycles. The van der Waals surface area contributed by atoms with Gasteiger partial charge in [-0.3, -0.25) is 9.59 Å². The van der Waals surface area contributed by atoms with Gasteiger partial charge in [-0.25, -0.2) is 4.68 Å². The quantitative estimate of drug-likeness (QED) is 0.778. The number of rotatable bonds is 3. The zero-order chi connectivity index (χ0) is 19.0. The van der Waals surface area contributed by atoms with Crippen molar-refractivity contribution in [1.82, 2.24) is 15.1 Å². The molecule has 5 nitrogen and oxygen atoms in total. The van der Waals surface area contributed by atoms with Gasteiger partial charge in [-0.15, -0.1) is 0 Å². The zero-order valence-electron chi connectivity index (χ0n) is 15.7. The number of amides is 1. The van der Waals surface area contributed by atoms with E-state index in [1.165, 1.54) is 28.7 Å². The summed E-state index contributed by atoms with van der Waals surface area (Å²) < 4.78 is 1.22. The molecule has 138 valence electrons. The summed E-state index contributed by atoms with van der Waals surface area (Å²) in [5.74, 6) is -0.271. The van der Waals surface area contributed by atoms with E-state index in [9.17, 15) is 9.59 Å². The van der Waals surface area contributed by atoms with Crippen molar-refractivity contribution in [2.24, 2.45) is 7.05 Å². The number of fused-ring (bicyclic) bond motifs is 2. The largest absolute Gasteiger partial charge is 0.344 e. The van der Waals surface area contributed by atoms with E-state index >= 15 is 0 Å². The lowest BCUT2D eigenvalue weighted by molar-refractivity contribution is 0.0934. The number of carbonyl (C=O) groups is 1. The van der Waals surface area contributed by atoms with Gasteiger partial charge in [-0.2, -0.15) is 5.10 Å². The van der Waals surface area contributed by atoms with Gasteiger partial charge in [0.1, 0.15) is 0 Å². The SMILES string of the molecule is C[C@H](NC(=O)c1nn(C)c(=O)c2ccccc12)c1ccc2c(c1)CCCC2. The summed E-state index contributed by atoms with van der Waals surface area (Å²) in [6.07, 6.45) is 4.73. The second-order valence-corrected chi connectivity index (χ2v) is 7.25. The first-order chi connectivity index (χ1) is 13.0. The minimum atomic E-state index is -0.271. The Balaban J connectivity index is 1.64. The predicted octanol–water partition coefficient (Wildman–Crippen LogP) is 3.30. The molecule has 0 radical (unpaired) electrons. The second kappa shape index (κ2) is 6.99. The standard InChI is InChI=1S/C22H23N3O2/c1-14(16-12-11-15-7-3-4-8-17(15)13-16)23-21(26)20-18-9-5-6-10-19(18)22(27)25(2)24-20/h5-6,9-14H,3-4,7-8H2,1-2H3,(H,23,26)/t14-/m0/s1. The van der Waals surface area contributed by atoms with Crippen LogP contribution in [0.4, 0.5) is 0 Å². The van der Waals surface area contributed by atoms with Gasteiger partial charge in [-0.05, 0) is 55.4 Å². The van der Waals surface area contributed by atoms with Crippen molar-refractivity contribution >= 4 is 16.7 Å². The molecule has 0 saturated carbocycles. The topological polar surface area (TPSA) is 64.0 Å². The van der Waals surface area contributed by atoms with E-state index < -0.39 is 0 Å². The highest BCUT2D eigenvalue weighted by Crippen LogP contribution is 2.25. The molecular formula is C22H23N3O2. The normalized spacial score (nSPS) is 14.6. The number of nitrogens with zero attached hydrogens (tertiary/aromatic N) is 2. The molecular weight excluding hydrogens is 338 g/mol. The van der Waals surface area contributed by atoms with Crippen LogP contribution in [0.5, 0.6) is 0 Å². The zero-order valence-corrected chi connectivity index (χ0v) is 15.7. The van der Waals surface area contributed by atoms with E-state index in [1.54, 1.807) is 25.2 Å². The maximum absolute atomic E-state index is 12.9. The van der Waals surface area contributed by atoms with Crippen molar-refractivity contribution in [1.29, 1.82) is 0 Å². The molecule has 5 heteroatoms. The Kier molecular flexibility index (Phi) is 4.52. The Morgan fingerprint density at radius 1 is 1.07 bits per heavy atom. The minimum absolute atomic E-state index is 0.137. The summed E-state index contributed by atoms with van der Waals surface area (Å²) in [5, 5.41) is 8.33. The molecule has 0 bridgehead atoms. The highest BCUT2D eigenvalue weighted by Gasteiger charge is 2.19.